The van der Waals surface area contributed by atoms with Crippen molar-refractivity contribution in [3.05, 3.63) is 28.4 Å². The molecule has 0 aromatic carbocycles. The zero-order chi connectivity index (χ0) is 12.3. The lowest BCUT2D eigenvalue weighted by Crippen LogP contribution is -2.36. The normalized spacial score (nSPS) is 15.5. The highest BCUT2D eigenvalue weighted by atomic mass is 16.6. The molecule has 0 bridgehead atoms. The van der Waals surface area contributed by atoms with E-state index in [0.717, 1.165) is 31.4 Å². The number of hydrogen-bond donors (Lipinski definition) is 0. The predicted molar refractivity (Wildman–Crippen MR) is 64.1 cm³/mol. The molecule has 0 aliphatic carbocycles. The molecule has 0 N–H and O–H groups in total. The van der Waals surface area contributed by atoms with E-state index in [1.807, 2.05) is 0 Å². The van der Waals surface area contributed by atoms with Gasteiger partial charge in [0.25, 0.3) is 6.71 Å². The molecule has 2 heterocycles. The molecule has 86 valence electrons. The number of aromatic nitrogens is 1. The van der Waals surface area contributed by atoms with E-state index in [9.17, 15) is 10.1 Å². The van der Waals surface area contributed by atoms with Gasteiger partial charge in [-0.05, 0) is 28.6 Å². The third-order valence-electron chi connectivity index (χ3n) is 2.96. The second-order valence-corrected chi connectivity index (χ2v) is 4.02. The summed E-state index contributed by atoms with van der Waals surface area (Å²) in [5, 5.41) is 19.3. The Hall–Kier alpha value is -2.10. The van der Waals surface area contributed by atoms with Crippen molar-refractivity contribution in [1.29, 1.82) is 5.26 Å². The summed E-state index contributed by atoms with van der Waals surface area (Å²) in [6, 6.07) is 3.11. The van der Waals surface area contributed by atoms with Crippen LogP contribution in [0.5, 0.6) is 0 Å². The molecule has 6 nitrogen and oxygen atoms in total. The van der Waals surface area contributed by atoms with Gasteiger partial charge in [0.2, 0.25) is 0 Å². The minimum absolute atomic E-state index is 0.136. The molecule has 1 aliphatic rings. The number of pyridine rings is 1. The van der Waals surface area contributed by atoms with E-state index >= 15 is 0 Å². The Bertz CT molecular complexity index is 448. The van der Waals surface area contributed by atoms with Crippen molar-refractivity contribution < 1.29 is 4.92 Å². The molecule has 0 unspecified atom stereocenters. The van der Waals surface area contributed by atoms with Crippen molar-refractivity contribution in [3.8, 4) is 5.97 Å². The highest BCUT2D eigenvalue weighted by Crippen LogP contribution is 2.21. The summed E-state index contributed by atoms with van der Waals surface area (Å²) < 4.78 is 0. The van der Waals surface area contributed by atoms with Gasteiger partial charge in [0.1, 0.15) is 0 Å². The first-order chi connectivity index (χ1) is 8.20. The lowest BCUT2D eigenvalue weighted by atomic mass is 9.45. The molecule has 1 aliphatic heterocycles. The van der Waals surface area contributed by atoms with Gasteiger partial charge >= 0.3 is 5.82 Å². The standard InChI is InChI=1S/C10H11BN4O2/c12-8-11-3-5-14(6-4-11)9-1-2-10(13-7-9)15(16)17/h1-2,7H,3-6H2. The molecule has 7 heteroatoms. The Labute approximate surface area is 99.1 Å². The summed E-state index contributed by atoms with van der Waals surface area (Å²) >= 11 is 0. The molecule has 1 aromatic rings. The van der Waals surface area contributed by atoms with Crippen molar-refractivity contribution in [3.63, 3.8) is 0 Å². The van der Waals surface area contributed by atoms with E-state index in [2.05, 4.69) is 15.9 Å². The average molecular weight is 230 g/mol. The zero-order valence-electron chi connectivity index (χ0n) is 9.24. The first-order valence-electron chi connectivity index (χ1n) is 5.45. The Morgan fingerprint density at radius 3 is 2.65 bits per heavy atom. The van der Waals surface area contributed by atoms with Gasteiger partial charge in [0.05, 0.1) is 5.69 Å². The molecule has 0 amide bonds. The van der Waals surface area contributed by atoms with Crippen LogP contribution in [0.4, 0.5) is 11.5 Å². The fourth-order valence-electron chi connectivity index (χ4n) is 1.94. The summed E-state index contributed by atoms with van der Waals surface area (Å²) in [6.45, 7) is 1.74. The molecular formula is C10H11BN4O2. The molecule has 0 radical (unpaired) electrons. The third-order valence-corrected chi connectivity index (χ3v) is 2.96. The van der Waals surface area contributed by atoms with Crippen molar-refractivity contribution >= 4 is 18.2 Å². The number of nitro groups is 1. The molecular weight excluding hydrogens is 219 g/mol. The Balaban J connectivity index is 2.04. The van der Waals surface area contributed by atoms with E-state index < -0.39 is 4.92 Å². The Kier molecular flexibility index (Phi) is 3.23. The number of nitriles is 1. The van der Waals surface area contributed by atoms with E-state index in [4.69, 9.17) is 5.26 Å². The van der Waals surface area contributed by atoms with Gasteiger partial charge in [-0.1, -0.05) is 0 Å². The molecule has 1 aromatic heterocycles. The van der Waals surface area contributed by atoms with Crippen LogP contribution in [0.2, 0.25) is 12.6 Å². The van der Waals surface area contributed by atoms with Crippen molar-refractivity contribution in [2.75, 3.05) is 18.0 Å². The van der Waals surface area contributed by atoms with Gasteiger partial charge in [-0.2, -0.15) is 0 Å². The van der Waals surface area contributed by atoms with E-state index in [1.54, 1.807) is 6.07 Å². The molecule has 1 fully saturated rings. The lowest BCUT2D eigenvalue weighted by Gasteiger charge is -2.28. The topological polar surface area (TPSA) is 83.1 Å². The van der Waals surface area contributed by atoms with Crippen LogP contribution < -0.4 is 4.90 Å². The van der Waals surface area contributed by atoms with Crippen LogP contribution in [-0.2, 0) is 0 Å². The second-order valence-electron chi connectivity index (χ2n) is 4.02. The SMILES string of the molecule is N#CB1CCN(c2ccc([N+](=O)[O-])nc2)CC1. The van der Waals surface area contributed by atoms with Crippen molar-refractivity contribution in [2.24, 2.45) is 0 Å². The van der Waals surface area contributed by atoms with Crippen LogP contribution >= 0.6 is 0 Å². The first-order valence-corrected chi connectivity index (χ1v) is 5.45. The van der Waals surface area contributed by atoms with Gasteiger partial charge in [0, 0.05) is 25.1 Å². The fraction of sp³-hybridized carbons (Fsp3) is 0.400. The van der Waals surface area contributed by atoms with E-state index in [0.29, 0.717) is 0 Å². The van der Waals surface area contributed by atoms with Gasteiger partial charge in [-0.3, -0.25) is 0 Å². The lowest BCUT2D eigenvalue weighted by molar-refractivity contribution is -0.389. The Morgan fingerprint density at radius 1 is 1.47 bits per heavy atom. The maximum absolute atomic E-state index is 10.5. The maximum atomic E-state index is 10.5. The molecule has 0 spiro atoms. The van der Waals surface area contributed by atoms with E-state index in [1.165, 1.54) is 12.3 Å². The maximum Gasteiger partial charge on any atom is 0.363 e. The van der Waals surface area contributed by atoms with Crippen LogP contribution in [0.3, 0.4) is 0 Å². The fourth-order valence-corrected chi connectivity index (χ4v) is 1.94. The number of nitrogens with zero attached hydrogens (tertiary/aromatic N) is 4. The van der Waals surface area contributed by atoms with Gasteiger partial charge in [-0.15, -0.1) is 0 Å². The average Bonchev–Trinajstić information content (AvgIpc) is 2.39. The number of hydrogen-bond acceptors (Lipinski definition) is 5. The van der Waals surface area contributed by atoms with Crippen molar-refractivity contribution in [1.82, 2.24) is 4.98 Å². The largest absolute Gasteiger partial charge is 0.370 e. The third kappa shape index (κ3) is 2.53. The second kappa shape index (κ2) is 4.83. The molecule has 17 heavy (non-hydrogen) atoms. The summed E-state index contributed by atoms with van der Waals surface area (Å²) in [5.74, 6) is 2.13. The van der Waals surface area contributed by atoms with E-state index in [-0.39, 0.29) is 12.5 Å². The molecule has 1 saturated heterocycles. The number of rotatable bonds is 2. The summed E-state index contributed by atoms with van der Waals surface area (Å²) in [7, 11) is 0. The minimum Gasteiger partial charge on any atom is -0.370 e. The summed E-state index contributed by atoms with van der Waals surface area (Å²) in [5.41, 5.74) is 0.881. The van der Waals surface area contributed by atoms with Crippen LogP contribution in [0.25, 0.3) is 0 Å². The predicted octanol–water partition coefficient (Wildman–Crippen LogP) is 1.37. The number of anilines is 1. The van der Waals surface area contributed by atoms with Crippen LogP contribution in [0.1, 0.15) is 0 Å². The monoisotopic (exact) mass is 230 g/mol. The highest BCUT2D eigenvalue weighted by Gasteiger charge is 2.23. The minimum atomic E-state index is -0.508. The first kappa shape index (κ1) is 11.4. The zero-order valence-corrected chi connectivity index (χ0v) is 9.24. The Morgan fingerprint density at radius 2 is 2.18 bits per heavy atom. The van der Waals surface area contributed by atoms with Gasteiger partial charge in [-0.25, -0.2) is 5.26 Å². The smallest absolute Gasteiger partial charge is 0.363 e. The van der Waals surface area contributed by atoms with Gasteiger partial charge < -0.3 is 15.0 Å². The molecule has 0 atom stereocenters. The quantitative estimate of drug-likeness (QED) is 0.435. The van der Waals surface area contributed by atoms with Crippen molar-refractivity contribution in [2.45, 2.75) is 12.6 Å². The van der Waals surface area contributed by atoms with Crippen LogP contribution in [0, 0.1) is 21.3 Å². The highest BCUT2D eigenvalue weighted by molar-refractivity contribution is 6.67. The summed E-state index contributed by atoms with van der Waals surface area (Å²) in [4.78, 5) is 15.8. The molecule has 0 saturated carbocycles. The van der Waals surface area contributed by atoms with Crippen LogP contribution in [-0.4, -0.2) is 29.7 Å². The molecule has 2 rings (SSSR count). The van der Waals surface area contributed by atoms with Gasteiger partial charge in [0.15, 0.2) is 6.20 Å². The van der Waals surface area contributed by atoms with Crippen LogP contribution in [0.15, 0.2) is 18.3 Å². The summed E-state index contributed by atoms with van der Waals surface area (Å²) in [6.07, 6.45) is 3.20.